The number of esters is 1. The quantitative estimate of drug-likeness (QED) is 0.262. The van der Waals surface area contributed by atoms with E-state index in [1.54, 1.807) is 0 Å². The van der Waals surface area contributed by atoms with E-state index in [0.29, 0.717) is 6.61 Å². The zero-order valence-corrected chi connectivity index (χ0v) is 5.37. The second kappa shape index (κ2) is 2.70. The molecular formula is C6H8O4. The summed E-state index contributed by atoms with van der Waals surface area (Å²) in [6, 6.07) is 0. The minimum atomic E-state index is -0.782. The summed E-state index contributed by atoms with van der Waals surface area (Å²) in [5, 5.41) is 8.44. The van der Waals surface area contributed by atoms with E-state index in [1.165, 1.54) is 0 Å². The van der Waals surface area contributed by atoms with Crippen molar-refractivity contribution in [1.82, 2.24) is 0 Å². The third kappa shape index (κ3) is 2.06. The van der Waals surface area contributed by atoms with Gasteiger partial charge in [-0.2, -0.15) is 0 Å². The lowest BCUT2D eigenvalue weighted by atomic mass is 10.5. The van der Waals surface area contributed by atoms with Crippen molar-refractivity contribution in [2.24, 2.45) is 0 Å². The molecule has 1 fully saturated rings. The highest BCUT2D eigenvalue weighted by Gasteiger charge is 2.24. The standard InChI is InChI=1S/C6H8O4/c1-4(7)6(8)10-3-5-2-9-5/h5,7H,1-3H2. The molecule has 0 bridgehead atoms. The number of ether oxygens (including phenoxy) is 2. The van der Waals surface area contributed by atoms with E-state index in [0.717, 1.165) is 0 Å². The molecule has 1 rings (SSSR count). The van der Waals surface area contributed by atoms with E-state index in [4.69, 9.17) is 9.84 Å². The Morgan fingerprint density at radius 3 is 2.90 bits per heavy atom. The first-order valence-electron chi connectivity index (χ1n) is 2.86. The molecule has 1 unspecified atom stereocenters. The lowest BCUT2D eigenvalue weighted by molar-refractivity contribution is -0.142. The average Bonchev–Trinajstić information content (AvgIpc) is 2.64. The van der Waals surface area contributed by atoms with Gasteiger partial charge in [0.25, 0.3) is 0 Å². The highest BCUT2D eigenvalue weighted by Crippen LogP contribution is 2.08. The first-order chi connectivity index (χ1) is 4.70. The Morgan fingerprint density at radius 1 is 1.90 bits per heavy atom. The van der Waals surface area contributed by atoms with Gasteiger partial charge in [-0.1, -0.05) is 0 Å². The van der Waals surface area contributed by atoms with Crippen molar-refractivity contribution in [3.05, 3.63) is 12.3 Å². The SMILES string of the molecule is C=C(O)C(=O)OCC1CO1. The van der Waals surface area contributed by atoms with Crippen LogP contribution in [0, 0.1) is 0 Å². The summed E-state index contributed by atoms with van der Waals surface area (Å²) in [5.74, 6) is -1.35. The molecule has 0 aromatic rings. The average molecular weight is 144 g/mol. The molecule has 1 atom stereocenters. The molecule has 0 amide bonds. The van der Waals surface area contributed by atoms with Crippen molar-refractivity contribution >= 4 is 5.97 Å². The largest absolute Gasteiger partial charge is 0.502 e. The van der Waals surface area contributed by atoms with Gasteiger partial charge in [-0.05, 0) is 6.58 Å². The third-order valence-corrected chi connectivity index (χ3v) is 1.04. The maximum absolute atomic E-state index is 10.4. The van der Waals surface area contributed by atoms with Crippen LogP contribution in [0.1, 0.15) is 0 Å². The lowest BCUT2D eigenvalue weighted by Crippen LogP contribution is -2.10. The Labute approximate surface area is 58.1 Å². The van der Waals surface area contributed by atoms with Crippen molar-refractivity contribution in [3.8, 4) is 0 Å². The minimum absolute atomic E-state index is 0.0308. The molecule has 4 nitrogen and oxygen atoms in total. The van der Waals surface area contributed by atoms with Crippen molar-refractivity contribution < 1.29 is 19.4 Å². The number of hydrogen-bond donors (Lipinski definition) is 1. The molecule has 1 aliphatic rings. The highest BCUT2D eigenvalue weighted by molar-refractivity contribution is 5.84. The molecule has 10 heavy (non-hydrogen) atoms. The third-order valence-electron chi connectivity index (χ3n) is 1.04. The summed E-state index contributed by atoms with van der Waals surface area (Å²) in [5.41, 5.74) is 0. The fourth-order valence-corrected chi connectivity index (χ4v) is 0.416. The van der Waals surface area contributed by atoms with Crippen LogP contribution in [-0.2, 0) is 14.3 Å². The normalized spacial score (nSPS) is 21.8. The number of aliphatic hydroxyl groups is 1. The second-order valence-electron chi connectivity index (χ2n) is 2.00. The minimum Gasteiger partial charge on any atom is -0.502 e. The number of hydrogen-bond acceptors (Lipinski definition) is 4. The van der Waals surface area contributed by atoms with Gasteiger partial charge in [-0.15, -0.1) is 0 Å². The summed E-state index contributed by atoms with van der Waals surface area (Å²) >= 11 is 0. The van der Waals surface area contributed by atoms with Crippen LogP contribution < -0.4 is 0 Å². The van der Waals surface area contributed by atoms with Gasteiger partial charge in [0, 0.05) is 0 Å². The van der Waals surface area contributed by atoms with Crippen LogP contribution in [0.4, 0.5) is 0 Å². The molecule has 1 N–H and O–H groups in total. The van der Waals surface area contributed by atoms with Crippen LogP contribution in [0.5, 0.6) is 0 Å². The molecule has 0 saturated carbocycles. The Balaban J connectivity index is 2.11. The van der Waals surface area contributed by atoms with Gasteiger partial charge in [-0.25, -0.2) is 4.79 Å². The van der Waals surface area contributed by atoms with Crippen molar-refractivity contribution in [3.63, 3.8) is 0 Å². The summed E-state index contributed by atoms with van der Waals surface area (Å²) in [6.07, 6.45) is 0.0308. The van der Waals surface area contributed by atoms with E-state index in [9.17, 15) is 4.79 Å². The smallest absolute Gasteiger partial charge is 0.372 e. The van der Waals surface area contributed by atoms with Crippen LogP contribution in [0.3, 0.4) is 0 Å². The first kappa shape index (κ1) is 7.08. The topological polar surface area (TPSA) is 59.1 Å². The molecule has 0 aromatic heterocycles. The van der Waals surface area contributed by atoms with E-state index in [1.807, 2.05) is 0 Å². The molecule has 1 aliphatic heterocycles. The van der Waals surface area contributed by atoms with Gasteiger partial charge in [-0.3, -0.25) is 0 Å². The predicted molar refractivity (Wildman–Crippen MR) is 32.5 cm³/mol. The summed E-state index contributed by atoms with van der Waals surface area (Å²) in [6.45, 7) is 3.83. The van der Waals surface area contributed by atoms with Gasteiger partial charge >= 0.3 is 5.97 Å². The van der Waals surface area contributed by atoms with E-state index in [-0.39, 0.29) is 12.7 Å². The van der Waals surface area contributed by atoms with Gasteiger partial charge < -0.3 is 14.6 Å². The highest BCUT2D eigenvalue weighted by atomic mass is 16.6. The number of carbonyl (C=O) groups excluding carboxylic acids is 1. The maximum atomic E-state index is 10.4. The summed E-state index contributed by atoms with van der Waals surface area (Å²) in [7, 11) is 0. The fourth-order valence-electron chi connectivity index (χ4n) is 0.416. The number of aliphatic hydroxyl groups excluding tert-OH is 1. The van der Waals surface area contributed by atoms with Crippen LogP contribution in [0.2, 0.25) is 0 Å². The summed E-state index contributed by atoms with van der Waals surface area (Å²) < 4.78 is 9.26. The van der Waals surface area contributed by atoms with Crippen LogP contribution in [0.25, 0.3) is 0 Å². The lowest BCUT2D eigenvalue weighted by Gasteiger charge is -1.98. The number of epoxide rings is 1. The second-order valence-corrected chi connectivity index (χ2v) is 2.00. The molecule has 1 saturated heterocycles. The van der Waals surface area contributed by atoms with E-state index >= 15 is 0 Å². The summed E-state index contributed by atoms with van der Waals surface area (Å²) in [4.78, 5) is 10.4. The zero-order chi connectivity index (χ0) is 7.56. The van der Waals surface area contributed by atoms with Crippen LogP contribution in [-0.4, -0.2) is 30.4 Å². The van der Waals surface area contributed by atoms with E-state index < -0.39 is 11.7 Å². The molecule has 4 heteroatoms. The van der Waals surface area contributed by atoms with E-state index in [2.05, 4.69) is 11.3 Å². The van der Waals surface area contributed by atoms with Crippen molar-refractivity contribution in [2.45, 2.75) is 6.10 Å². The van der Waals surface area contributed by atoms with Gasteiger partial charge in [0.2, 0.25) is 0 Å². The zero-order valence-electron chi connectivity index (χ0n) is 5.37. The first-order valence-corrected chi connectivity index (χ1v) is 2.86. The molecule has 56 valence electrons. The van der Waals surface area contributed by atoms with Gasteiger partial charge in [0.1, 0.15) is 12.7 Å². The molecular weight excluding hydrogens is 136 g/mol. The number of carbonyl (C=O) groups is 1. The van der Waals surface area contributed by atoms with Crippen molar-refractivity contribution in [2.75, 3.05) is 13.2 Å². The molecule has 0 aromatic carbocycles. The Kier molecular flexibility index (Phi) is 1.91. The molecule has 0 radical (unpaired) electrons. The fraction of sp³-hybridized carbons (Fsp3) is 0.500. The van der Waals surface area contributed by atoms with Crippen LogP contribution in [0.15, 0.2) is 12.3 Å². The van der Waals surface area contributed by atoms with Crippen molar-refractivity contribution in [1.29, 1.82) is 0 Å². The Bertz CT molecular complexity index is 159. The Hall–Kier alpha value is -1.03. The monoisotopic (exact) mass is 144 g/mol. The predicted octanol–water partition coefficient (Wildman–Crippen LogP) is 0.0001000. The molecule has 0 spiro atoms. The number of rotatable bonds is 3. The maximum Gasteiger partial charge on any atom is 0.372 e. The van der Waals surface area contributed by atoms with Gasteiger partial charge in [0.05, 0.1) is 6.61 Å². The molecule has 1 heterocycles. The van der Waals surface area contributed by atoms with Gasteiger partial charge in [0.15, 0.2) is 5.76 Å². The molecule has 0 aliphatic carbocycles. The van der Waals surface area contributed by atoms with Crippen LogP contribution >= 0.6 is 0 Å². The Morgan fingerprint density at radius 2 is 2.50 bits per heavy atom.